The molecule has 2 unspecified atom stereocenters. The lowest BCUT2D eigenvalue weighted by molar-refractivity contribution is -0.137. The fourth-order valence-corrected chi connectivity index (χ4v) is 8.86. The number of hydrogen-bond donors (Lipinski definition) is 1. The molecule has 2 saturated heterocycles. The Labute approximate surface area is 295 Å². The number of alkyl halides is 6. The highest BCUT2D eigenvalue weighted by Gasteiger charge is 2.44. The van der Waals surface area contributed by atoms with Crippen molar-refractivity contribution in [3.8, 4) is 0 Å². The summed E-state index contributed by atoms with van der Waals surface area (Å²) >= 11 is 0. The molecule has 0 amide bonds. The number of anilines is 2. The summed E-state index contributed by atoms with van der Waals surface area (Å²) in [5.74, 6) is -2.84. The Bertz CT molecular complexity index is 1670. The molecule has 3 aromatic rings. The third-order valence-corrected chi connectivity index (χ3v) is 11.6. The fourth-order valence-electron chi connectivity index (χ4n) is 8.86. The Morgan fingerprint density at radius 1 is 0.824 bits per heavy atom. The average molecular weight is 716 g/mol. The zero-order chi connectivity index (χ0) is 36.1. The van der Waals surface area contributed by atoms with Gasteiger partial charge in [0.1, 0.15) is 0 Å². The smallest absolute Gasteiger partial charge is 0.388 e. The van der Waals surface area contributed by atoms with E-state index < -0.39 is 35.9 Å². The van der Waals surface area contributed by atoms with Gasteiger partial charge in [-0.25, -0.2) is 23.1 Å². The summed E-state index contributed by atoms with van der Waals surface area (Å²) in [5, 5.41) is 11.6. The van der Waals surface area contributed by atoms with Gasteiger partial charge >= 0.3 is 6.18 Å². The summed E-state index contributed by atoms with van der Waals surface area (Å²) < 4.78 is 86.6. The van der Waals surface area contributed by atoms with Crippen molar-refractivity contribution < 1.29 is 31.4 Å². The van der Waals surface area contributed by atoms with E-state index in [1.807, 2.05) is 26.2 Å². The molecule has 276 valence electrons. The number of rotatable bonds is 6. The van der Waals surface area contributed by atoms with Crippen molar-refractivity contribution >= 4 is 11.6 Å². The van der Waals surface area contributed by atoms with Gasteiger partial charge in [-0.3, -0.25) is 4.98 Å². The summed E-state index contributed by atoms with van der Waals surface area (Å²) in [6.07, 6.45) is 1.55. The van der Waals surface area contributed by atoms with E-state index in [0.29, 0.717) is 67.2 Å². The van der Waals surface area contributed by atoms with Crippen LogP contribution in [0.1, 0.15) is 141 Å². The van der Waals surface area contributed by atoms with Crippen LogP contribution in [0.3, 0.4) is 0 Å². The van der Waals surface area contributed by atoms with E-state index in [1.165, 1.54) is 6.42 Å². The summed E-state index contributed by atoms with van der Waals surface area (Å²) in [4.78, 5) is 18.9. The Kier molecular flexibility index (Phi) is 9.77. The van der Waals surface area contributed by atoms with Gasteiger partial charge in [-0.1, -0.05) is 26.0 Å². The first-order valence-corrected chi connectivity index (χ1v) is 18.4. The SMILES string of the molecule is CC1(C)Cc2nc(C3CCN(c4ncc(N5CCCCC5)cn4)CC3)c(C(F)c3ccc(C(F)(F)F)cc3)c(C3CCC(F)(F)CC3)c2C(O)C1. The standard InChI is InChI=1S/C39H47F6N5O/c1-37(2)20-29-32(30(51)21-37)31(24-10-14-38(41,42)15-11-24)33(34(40)25-6-8-27(9-7-25)39(43,44)45)35(48-29)26-12-18-50(19-13-26)36-46-22-28(23-47-36)49-16-4-3-5-17-49/h6-9,22-24,26,30,34,51H,3-5,10-21H2,1-2H3. The fraction of sp³-hybridized carbons (Fsp3) is 0.615. The van der Waals surface area contributed by atoms with Crippen LogP contribution in [-0.2, 0) is 12.6 Å². The minimum absolute atomic E-state index is 0.0404. The van der Waals surface area contributed by atoms with Crippen LogP contribution in [0.2, 0.25) is 0 Å². The minimum Gasteiger partial charge on any atom is -0.388 e. The molecule has 1 N–H and O–H groups in total. The van der Waals surface area contributed by atoms with Gasteiger partial charge in [0.2, 0.25) is 11.9 Å². The van der Waals surface area contributed by atoms with Crippen LogP contribution >= 0.6 is 0 Å². The molecule has 4 aliphatic rings. The van der Waals surface area contributed by atoms with Gasteiger partial charge in [0.25, 0.3) is 0 Å². The monoisotopic (exact) mass is 715 g/mol. The minimum atomic E-state index is -4.58. The van der Waals surface area contributed by atoms with Gasteiger partial charge in [-0.15, -0.1) is 0 Å². The molecule has 1 aromatic carbocycles. The van der Waals surface area contributed by atoms with Crippen LogP contribution in [0.15, 0.2) is 36.7 Å². The maximum atomic E-state index is 17.3. The van der Waals surface area contributed by atoms with E-state index in [4.69, 9.17) is 4.98 Å². The number of aliphatic hydroxyl groups is 1. The van der Waals surface area contributed by atoms with Crippen molar-refractivity contribution in [2.45, 2.75) is 121 Å². The average Bonchev–Trinajstić information content (AvgIpc) is 3.10. The number of fused-ring (bicyclic) bond motifs is 1. The van der Waals surface area contributed by atoms with Crippen LogP contribution in [-0.4, -0.2) is 52.2 Å². The van der Waals surface area contributed by atoms with Gasteiger partial charge in [-0.2, -0.15) is 13.2 Å². The topological polar surface area (TPSA) is 65.4 Å². The van der Waals surface area contributed by atoms with Crippen LogP contribution in [0.4, 0.5) is 38.0 Å². The third-order valence-electron chi connectivity index (χ3n) is 11.6. The molecule has 1 saturated carbocycles. The quantitative estimate of drug-likeness (QED) is 0.257. The van der Waals surface area contributed by atoms with Crippen molar-refractivity contribution in [3.05, 3.63) is 75.9 Å². The number of pyridine rings is 1. The van der Waals surface area contributed by atoms with E-state index in [1.54, 1.807) is 0 Å². The molecule has 7 rings (SSSR count). The predicted octanol–water partition coefficient (Wildman–Crippen LogP) is 9.62. The first-order valence-electron chi connectivity index (χ1n) is 18.4. The van der Waals surface area contributed by atoms with Crippen LogP contribution < -0.4 is 9.80 Å². The second kappa shape index (κ2) is 13.9. The Balaban J connectivity index is 1.26. The van der Waals surface area contributed by atoms with Crippen molar-refractivity contribution in [3.63, 3.8) is 0 Å². The number of aromatic nitrogens is 3. The Hall–Kier alpha value is -3.41. The summed E-state index contributed by atoms with van der Waals surface area (Å²) in [7, 11) is 0. The Morgan fingerprint density at radius 3 is 2.06 bits per heavy atom. The van der Waals surface area contributed by atoms with E-state index in [0.717, 1.165) is 55.9 Å². The van der Waals surface area contributed by atoms with E-state index in [-0.39, 0.29) is 48.1 Å². The lowest BCUT2D eigenvalue weighted by atomic mass is 9.68. The Morgan fingerprint density at radius 2 is 1.45 bits per heavy atom. The van der Waals surface area contributed by atoms with Gasteiger partial charge in [0.15, 0.2) is 6.17 Å². The molecule has 0 bridgehead atoms. The van der Waals surface area contributed by atoms with Crippen molar-refractivity contribution in [2.75, 3.05) is 36.0 Å². The maximum absolute atomic E-state index is 17.3. The molecule has 4 heterocycles. The zero-order valence-corrected chi connectivity index (χ0v) is 29.3. The normalized spacial score (nSPS) is 23.6. The lowest BCUT2D eigenvalue weighted by Gasteiger charge is -2.41. The van der Waals surface area contributed by atoms with Crippen molar-refractivity contribution in [1.29, 1.82) is 0 Å². The molecule has 2 aliphatic heterocycles. The van der Waals surface area contributed by atoms with Crippen LogP contribution in [0.5, 0.6) is 0 Å². The number of nitrogens with zero attached hydrogens (tertiary/aromatic N) is 5. The van der Waals surface area contributed by atoms with Gasteiger partial charge < -0.3 is 14.9 Å². The highest BCUT2D eigenvalue weighted by Crippen LogP contribution is 2.52. The first-order chi connectivity index (χ1) is 24.2. The second-order valence-electron chi connectivity index (χ2n) is 15.9. The molecular formula is C39H47F6N5O. The molecule has 2 aromatic heterocycles. The maximum Gasteiger partial charge on any atom is 0.416 e. The van der Waals surface area contributed by atoms with Crippen LogP contribution in [0.25, 0.3) is 0 Å². The molecule has 0 spiro atoms. The summed E-state index contributed by atoms with van der Waals surface area (Å²) in [6.45, 7) is 7.25. The van der Waals surface area contributed by atoms with Crippen molar-refractivity contribution in [1.82, 2.24) is 15.0 Å². The second-order valence-corrected chi connectivity index (χ2v) is 15.9. The van der Waals surface area contributed by atoms with E-state index in [9.17, 15) is 27.1 Å². The van der Waals surface area contributed by atoms with Gasteiger partial charge in [-0.05, 0) is 92.4 Å². The molecule has 2 aliphatic carbocycles. The van der Waals surface area contributed by atoms with Crippen LogP contribution in [0, 0.1) is 5.41 Å². The molecule has 0 radical (unpaired) electrons. The van der Waals surface area contributed by atoms with E-state index in [2.05, 4.69) is 19.8 Å². The molecule has 2 atom stereocenters. The summed E-state index contributed by atoms with van der Waals surface area (Å²) in [5.41, 5.74) is 2.38. The predicted molar refractivity (Wildman–Crippen MR) is 184 cm³/mol. The number of halogens is 6. The lowest BCUT2D eigenvalue weighted by Crippen LogP contribution is -2.36. The number of aliphatic hydroxyl groups excluding tert-OH is 1. The molecule has 3 fully saturated rings. The zero-order valence-electron chi connectivity index (χ0n) is 29.3. The largest absolute Gasteiger partial charge is 0.416 e. The molecule has 6 nitrogen and oxygen atoms in total. The first kappa shape index (κ1) is 36.0. The number of hydrogen-bond acceptors (Lipinski definition) is 6. The number of piperidine rings is 2. The van der Waals surface area contributed by atoms with Gasteiger partial charge in [0, 0.05) is 61.8 Å². The van der Waals surface area contributed by atoms with E-state index >= 15 is 4.39 Å². The van der Waals surface area contributed by atoms with Crippen molar-refractivity contribution in [2.24, 2.45) is 5.41 Å². The highest BCUT2D eigenvalue weighted by molar-refractivity contribution is 5.52. The number of benzene rings is 1. The third kappa shape index (κ3) is 7.57. The molecule has 51 heavy (non-hydrogen) atoms. The molecule has 12 heteroatoms. The molecular weight excluding hydrogens is 668 g/mol. The summed E-state index contributed by atoms with van der Waals surface area (Å²) in [6, 6.07) is 4.06. The highest BCUT2D eigenvalue weighted by atomic mass is 19.4. The van der Waals surface area contributed by atoms with Gasteiger partial charge in [0.05, 0.1) is 35.4 Å².